The van der Waals surface area contributed by atoms with Gasteiger partial charge in [-0.15, -0.1) is 0 Å². The van der Waals surface area contributed by atoms with Crippen molar-refractivity contribution in [2.75, 3.05) is 44.7 Å². The van der Waals surface area contributed by atoms with Crippen LogP contribution in [0.25, 0.3) is 10.9 Å². The van der Waals surface area contributed by atoms with E-state index in [1.165, 1.54) is 12.8 Å². The Labute approximate surface area is 160 Å². The van der Waals surface area contributed by atoms with Crippen molar-refractivity contribution in [1.82, 2.24) is 20.6 Å². The third-order valence-corrected chi connectivity index (χ3v) is 5.48. The first-order valence-corrected chi connectivity index (χ1v) is 9.95. The van der Waals surface area contributed by atoms with Gasteiger partial charge in [0.25, 0.3) is 0 Å². The number of methoxy groups -OCH3 is 1. The minimum Gasteiger partial charge on any atom is -0.493 e. The zero-order chi connectivity index (χ0) is 18.6. The predicted octanol–water partition coefficient (Wildman–Crippen LogP) is 1.96. The molecule has 7 heteroatoms. The molecule has 4 rings (SSSR count). The van der Waals surface area contributed by atoms with Crippen molar-refractivity contribution in [2.45, 2.75) is 38.3 Å². The third-order valence-electron chi connectivity index (χ3n) is 5.48. The minimum absolute atomic E-state index is 0.0751. The molecule has 2 unspecified atom stereocenters. The second-order valence-corrected chi connectivity index (χ2v) is 7.35. The third kappa shape index (κ3) is 4.09. The van der Waals surface area contributed by atoms with Crippen molar-refractivity contribution < 1.29 is 9.47 Å². The Kier molecular flexibility index (Phi) is 5.59. The van der Waals surface area contributed by atoms with Crippen LogP contribution in [0.15, 0.2) is 18.3 Å². The highest BCUT2D eigenvalue weighted by Gasteiger charge is 2.22. The number of nitrogens with zero attached hydrogens (tertiary/aromatic N) is 3. The highest BCUT2D eigenvalue weighted by molar-refractivity contribution is 5.82. The number of benzene rings is 1. The summed E-state index contributed by atoms with van der Waals surface area (Å²) >= 11 is 0. The molecular weight excluding hydrogens is 342 g/mol. The van der Waals surface area contributed by atoms with Crippen LogP contribution in [0.3, 0.4) is 0 Å². The number of piperidine rings is 1. The Hall–Kier alpha value is -2.12. The van der Waals surface area contributed by atoms with Crippen molar-refractivity contribution in [3.8, 4) is 11.5 Å². The summed E-state index contributed by atoms with van der Waals surface area (Å²) < 4.78 is 11.9. The molecule has 1 aromatic heterocycles. The fourth-order valence-electron chi connectivity index (χ4n) is 3.86. The Morgan fingerprint density at radius 3 is 2.74 bits per heavy atom. The molecule has 7 nitrogen and oxygen atoms in total. The summed E-state index contributed by atoms with van der Waals surface area (Å²) in [5, 5.41) is 7.88. The maximum absolute atomic E-state index is 6.30. The Balaban J connectivity index is 1.60. The van der Waals surface area contributed by atoms with Crippen LogP contribution in [-0.4, -0.2) is 61.9 Å². The summed E-state index contributed by atoms with van der Waals surface area (Å²) in [4.78, 5) is 11.6. The first kappa shape index (κ1) is 18.3. The average Bonchev–Trinajstić information content (AvgIpc) is 2.74. The number of hydrogen-bond acceptors (Lipinski definition) is 7. The van der Waals surface area contributed by atoms with E-state index >= 15 is 0 Å². The van der Waals surface area contributed by atoms with Crippen LogP contribution in [0.1, 0.15) is 26.2 Å². The molecule has 0 aliphatic carbocycles. The normalized spacial score (nSPS) is 21.9. The molecule has 0 saturated carbocycles. The molecule has 2 aliphatic rings. The molecule has 1 aromatic carbocycles. The molecule has 2 aliphatic heterocycles. The maximum Gasteiger partial charge on any atom is 0.225 e. The lowest BCUT2D eigenvalue weighted by atomic mass is 10.0. The van der Waals surface area contributed by atoms with Crippen LogP contribution in [0, 0.1) is 0 Å². The number of anilines is 1. The van der Waals surface area contributed by atoms with Gasteiger partial charge in [-0.25, -0.2) is 9.97 Å². The maximum atomic E-state index is 6.30. The molecule has 0 radical (unpaired) electrons. The molecule has 0 spiro atoms. The van der Waals surface area contributed by atoms with Gasteiger partial charge in [-0.05, 0) is 32.4 Å². The van der Waals surface area contributed by atoms with E-state index in [-0.39, 0.29) is 6.10 Å². The van der Waals surface area contributed by atoms with Gasteiger partial charge in [-0.3, -0.25) is 0 Å². The number of rotatable bonds is 5. The van der Waals surface area contributed by atoms with E-state index in [0.29, 0.717) is 6.04 Å². The lowest BCUT2D eigenvalue weighted by Gasteiger charge is -2.30. The van der Waals surface area contributed by atoms with Gasteiger partial charge in [0.1, 0.15) is 6.10 Å². The van der Waals surface area contributed by atoms with E-state index in [1.807, 2.05) is 18.3 Å². The minimum atomic E-state index is 0.0751. The number of hydrogen-bond donors (Lipinski definition) is 2. The average molecular weight is 371 g/mol. The lowest BCUT2D eigenvalue weighted by Crippen LogP contribution is -2.44. The highest BCUT2D eigenvalue weighted by Crippen LogP contribution is 2.33. The summed E-state index contributed by atoms with van der Waals surface area (Å²) in [5.74, 6) is 2.25. The lowest BCUT2D eigenvalue weighted by molar-refractivity contribution is 0.148. The van der Waals surface area contributed by atoms with Gasteiger partial charge in [0, 0.05) is 49.9 Å². The van der Waals surface area contributed by atoms with Crippen molar-refractivity contribution in [3.63, 3.8) is 0 Å². The Morgan fingerprint density at radius 1 is 1.15 bits per heavy atom. The fraction of sp³-hybridized carbons (Fsp3) is 0.600. The quantitative estimate of drug-likeness (QED) is 0.832. The number of ether oxygens (including phenoxy) is 2. The van der Waals surface area contributed by atoms with Crippen molar-refractivity contribution in [3.05, 3.63) is 18.3 Å². The van der Waals surface area contributed by atoms with Crippen molar-refractivity contribution in [1.29, 1.82) is 0 Å². The molecule has 0 amide bonds. The van der Waals surface area contributed by atoms with Gasteiger partial charge in [-0.2, -0.15) is 0 Å². The molecule has 2 N–H and O–H groups in total. The summed E-state index contributed by atoms with van der Waals surface area (Å²) in [5.41, 5.74) is 0.887. The zero-order valence-electron chi connectivity index (χ0n) is 16.2. The van der Waals surface area contributed by atoms with E-state index in [0.717, 1.165) is 67.5 Å². The van der Waals surface area contributed by atoms with Gasteiger partial charge in [0.2, 0.25) is 5.95 Å². The zero-order valence-corrected chi connectivity index (χ0v) is 16.2. The van der Waals surface area contributed by atoms with E-state index in [4.69, 9.17) is 14.5 Å². The summed E-state index contributed by atoms with van der Waals surface area (Å²) in [7, 11) is 1.67. The summed E-state index contributed by atoms with van der Waals surface area (Å²) in [6.07, 6.45) is 5.59. The van der Waals surface area contributed by atoms with Crippen LogP contribution in [0.5, 0.6) is 11.5 Å². The monoisotopic (exact) mass is 371 g/mol. The number of fused-ring (bicyclic) bond motifs is 1. The van der Waals surface area contributed by atoms with Gasteiger partial charge >= 0.3 is 0 Å². The molecule has 0 bridgehead atoms. The van der Waals surface area contributed by atoms with Crippen molar-refractivity contribution >= 4 is 16.9 Å². The van der Waals surface area contributed by atoms with Gasteiger partial charge in [-0.1, -0.05) is 6.42 Å². The molecule has 2 fully saturated rings. The van der Waals surface area contributed by atoms with E-state index in [1.54, 1.807) is 7.11 Å². The van der Waals surface area contributed by atoms with Crippen LogP contribution in [0.4, 0.5) is 5.95 Å². The Bertz CT molecular complexity index is 772. The van der Waals surface area contributed by atoms with Gasteiger partial charge in [0.05, 0.1) is 12.6 Å². The SMILES string of the molecule is COc1cc2cnc(N3CCNCC3)nc2cc1OC(C)C1CCCCN1. The summed E-state index contributed by atoms with van der Waals surface area (Å²) in [6.45, 7) is 6.96. The summed E-state index contributed by atoms with van der Waals surface area (Å²) in [6, 6.07) is 4.33. The van der Waals surface area contributed by atoms with Crippen LogP contribution in [0.2, 0.25) is 0 Å². The first-order valence-electron chi connectivity index (χ1n) is 9.95. The molecule has 146 valence electrons. The van der Waals surface area contributed by atoms with Gasteiger partial charge < -0.3 is 25.0 Å². The van der Waals surface area contributed by atoms with E-state index in [9.17, 15) is 0 Å². The molecule has 3 heterocycles. The largest absolute Gasteiger partial charge is 0.493 e. The molecular formula is C20H29N5O2. The molecule has 27 heavy (non-hydrogen) atoms. The topological polar surface area (TPSA) is 71.5 Å². The van der Waals surface area contributed by atoms with Gasteiger partial charge in [0.15, 0.2) is 11.5 Å². The van der Waals surface area contributed by atoms with E-state index < -0.39 is 0 Å². The van der Waals surface area contributed by atoms with E-state index in [2.05, 4.69) is 27.4 Å². The van der Waals surface area contributed by atoms with Crippen LogP contribution >= 0.6 is 0 Å². The highest BCUT2D eigenvalue weighted by atomic mass is 16.5. The second-order valence-electron chi connectivity index (χ2n) is 7.35. The number of piperazine rings is 1. The Morgan fingerprint density at radius 2 is 2.00 bits per heavy atom. The first-order chi connectivity index (χ1) is 13.2. The number of nitrogens with one attached hydrogen (secondary N) is 2. The smallest absolute Gasteiger partial charge is 0.225 e. The molecule has 2 saturated heterocycles. The predicted molar refractivity (Wildman–Crippen MR) is 107 cm³/mol. The molecule has 2 aromatic rings. The molecule has 2 atom stereocenters. The second kappa shape index (κ2) is 8.27. The van der Waals surface area contributed by atoms with Crippen molar-refractivity contribution in [2.24, 2.45) is 0 Å². The fourth-order valence-corrected chi connectivity index (χ4v) is 3.86. The van der Waals surface area contributed by atoms with Crippen LogP contribution in [-0.2, 0) is 0 Å². The number of aromatic nitrogens is 2. The van der Waals surface area contributed by atoms with Crippen LogP contribution < -0.4 is 25.0 Å². The standard InChI is InChI=1S/C20H29N5O2/c1-14(16-5-3-4-6-22-16)27-19-12-17-15(11-18(19)26-2)13-23-20(24-17)25-9-7-21-8-10-25/h11-14,16,21-22H,3-10H2,1-2H3.